The summed E-state index contributed by atoms with van der Waals surface area (Å²) in [5, 5.41) is 12.9. The third kappa shape index (κ3) is 7.24. The van der Waals surface area contributed by atoms with Gasteiger partial charge in [0.25, 0.3) is 0 Å². The van der Waals surface area contributed by atoms with E-state index in [-0.39, 0.29) is 6.61 Å². The molecule has 0 aliphatic rings. The van der Waals surface area contributed by atoms with E-state index in [1.165, 1.54) is 5.57 Å². The van der Waals surface area contributed by atoms with E-state index in [4.69, 9.17) is 9.72 Å². The van der Waals surface area contributed by atoms with Gasteiger partial charge >= 0.3 is 0 Å². The van der Waals surface area contributed by atoms with Crippen LogP contribution in [0.5, 0.6) is 5.75 Å². The molecule has 0 spiro atoms. The minimum absolute atomic E-state index is 0.182. The largest absolute Gasteiger partial charge is 0.487 e. The molecule has 4 rings (SSSR count). The van der Waals surface area contributed by atoms with Gasteiger partial charge in [-0.3, -0.25) is 9.78 Å². The van der Waals surface area contributed by atoms with Crippen molar-refractivity contribution in [1.82, 2.24) is 19.9 Å². The number of hydrogen-bond acceptors (Lipinski definition) is 6. The maximum atomic E-state index is 12.0. The zero-order valence-corrected chi connectivity index (χ0v) is 23.6. The number of allylic oxidation sites excluding steroid dienone is 3. The van der Waals surface area contributed by atoms with Crippen LogP contribution in [-0.4, -0.2) is 32.5 Å². The predicted molar refractivity (Wildman–Crippen MR) is 159 cm³/mol. The Balaban J connectivity index is 1.62. The Bertz CT molecular complexity index is 1490. The van der Waals surface area contributed by atoms with Gasteiger partial charge in [-0.1, -0.05) is 49.4 Å². The molecule has 0 saturated carbocycles. The minimum atomic E-state index is 0.182. The highest BCUT2D eigenvalue weighted by Crippen LogP contribution is 2.24. The number of hydrogen-bond donors (Lipinski definition) is 2. The predicted octanol–water partition coefficient (Wildman–Crippen LogP) is 6.28. The van der Waals surface area contributed by atoms with Crippen molar-refractivity contribution in [3.63, 3.8) is 0 Å². The summed E-state index contributed by atoms with van der Waals surface area (Å²) in [7, 11) is 0. The lowest BCUT2D eigenvalue weighted by atomic mass is 10.0. The van der Waals surface area contributed by atoms with Crippen molar-refractivity contribution < 1.29 is 14.6 Å². The van der Waals surface area contributed by atoms with Crippen LogP contribution in [0.15, 0.2) is 84.1 Å². The van der Waals surface area contributed by atoms with Gasteiger partial charge in [-0.25, -0.2) is 4.98 Å². The SMILES string of the molecule is C/C=C/C(NCc1ccc2nc(C=O)n(Cc3nc(C)ccc3OCc3ccccc3)c2c1)=C(\CC)CCCO. The van der Waals surface area contributed by atoms with Gasteiger partial charge in [0.05, 0.1) is 17.6 Å². The molecular weight excluding hydrogens is 500 g/mol. The Morgan fingerprint density at radius 2 is 1.90 bits per heavy atom. The molecular formula is C33H38N4O3. The maximum Gasteiger partial charge on any atom is 0.185 e. The highest BCUT2D eigenvalue weighted by molar-refractivity contribution is 5.83. The first kappa shape index (κ1) is 28.8. The number of pyridine rings is 1. The van der Waals surface area contributed by atoms with Crippen LogP contribution in [0.4, 0.5) is 0 Å². The van der Waals surface area contributed by atoms with E-state index < -0.39 is 0 Å². The number of carbonyl (C=O) groups excluding carboxylic acids is 1. The number of aryl methyl sites for hydroxylation is 1. The van der Waals surface area contributed by atoms with Gasteiger partial charge in [0.2, 0.25) is 0 Å². The quantitative estimate of drug-likeness (QED) is 0.145. The number of nitrogens with zero attached hydrogens (tertiary/aromatic N) is 3. The fourth-order valence-electron chi connectivity index (χ4n) is 4.74. The molecule has 7 heteroatoms. The summed E-state index contributed by atoms with van der Waals surface area (Å²) in [6.45, 7) is 7.68. The number of carbonyl (C=O) groups is 1. The minimum Gasteiger partial charge on any atom is -0.487 e. The number of aldehydes is 1. The van der Waals surface area contributed by atoms with E-state index in [1.807, 2.05) is 79.1 Å². The van der Waals surface area contributed by atoms with Crippen LogP contribution in [0.1, 0.15) is 66.2 Å². The number of fused-ring (bicyclic) bond motifs is 1. The van der Waals surface area contributed by atoms with Gasteiger partial charge in [-0.05, 0) is 80.2 Å². The molecule has 40 heavy (non-hydrogen) atoms. The number of imidazole rings is 1. The first-order valence-electron chi connectivity index (χ1n) is 13.8. The summed E-state index contributed by atoms with van der Waals surface area (Å²) in [5.41, 5.74) is 7.76. The molecule has 0 unspecified atom stereocenters. The number of aliphatic hydroxyl groups is 1. The Hall–Kier alpha value is -4.23. The van der Waals surface area contributed by atoms with Crippen molar-refractivity contribution in [3.05, 3.63) is 112 Å². The Morgan fingerprint density at radius 1 is 1.07 bits per heavy atom. The standard InChI is InChI=1S/C33H38N4O3/c1-4-10-28(27(5-2)13-9-18-38)34-20-26-15-16-29-31(19-26)37(33(22-39)36-29)21-30-32(17-14-24(3)35-30)40-23-25-11-7-6-8-12-25/h4,6-8,10-12,14-17,19,22,34,38H,5,9,13,18,20-21,23H2,1-3H3/b10-4+,28-27-. The number of nitrogens with one attached hydrogen (secondary N) is 1. The van der Waals surface area contributed by atoms with Gasteiger partial charge in [-0.2, -0.15) is 0 Å². The molecule has 2 heterocycles. The normalized spacial score (nSPS) is 12.1. The summed E-state index contributed by atoms with van der Waals surface area (Å²) in [6, 6.07) is 19.9. The number of aliphatic hydroxyl groups excluding tert-OH is 1. The Kier molecular flexibility index (Phi) is 10.2. The lowest BCUT2D eigenvalue weighted by molar-refractivity contribution is 0.111. The molecule has 4 aromatic rings. The van der Waals surface area contributed by atoms with Crippen LogP contribution in [0.3, 0.4) is 0 Å². The monoisotopic (exact) mass is 538 g/mol. The van der Waals surface area contributed by atoms with Crippen molar-refractivity contribution in [2.75, 3.05) is 6.61 Å². The number of benzene rings is 2. The number of aromatic nitrogens is 3. The summed E-state index contributed by atoms with van der Waals surface area (Å²) < 4.78 is 8.07. The fraction of sp³-hybridized carbons (Fsp3) is 0.303. The van der Waals surface area contributed by atoms with Crippen molar-refractivity contribution in [1.29, 1.82) is 0 Å². The van der Waals surface area contributed by atoms with E-state index in [0.717, 1.165) is 64.8 Å². The maximum absolute atomic E-state index is 12.0. The van der Waals surface area contributed by atoms with E-state index >= 15 is 0 Å². The second-order valence-corrected chi connectivity index (χ2v) is 9.72. The molecule has 0 amide bonds. The van der Waals surface area contributed by atoms with Crippen molar-refractivity contribution >= 4 is 17.3 Å². The summed E-state index contributed by atoms with van der Waals surface area (Å²) >= 11 is 0. The van der Waals surface area contributed by atoms with Crippen LogP contribution in [0.2, 0.25) is 0 Å². The molecule has 0 saturated heterocycles. The van der Waals surface area contributed by atoms with Gasteiger partial charge in [0.15, 0.2) is 12.1 Å². The summed E-state index contributed by atoms with van der Waals surface area (Å²) in [4.78, 5) is 21.4. The van der Waals surface area contributed by atoms with Crippen molar-refractivity contribution in [2.24, 2.45) is 0 Å². The van der Waals surface area contributed by atoms with E-state index in [2.05, 4.69) is 29.4 Å². The third-order valence-corrected chi connectivity index (χ3v) is 6.82. The molecule has 0 fully saturated rings. The zero-order chi connectivity index (χ0) is 28.3. The number of ether oxygens (including phenoxy) is 1. The van der Waals surface area contributed by atoms with Crippen LogP contribution in [0.25, 0.3) is 11.0 Å². The molecule has 0 bridgehead atoms. The average Bonchev–Trinajstić information content (AvgIpc) is 3.32. The van der Waals surface area contributed by atoms with Crippen molar-refractivity contribution in [2.45, 2.75) is 59.7 Å². The van der Waals surface area contributed by atoms with Crippen LogP contribution in [-0.2, 0) is 19.7 Å². The second-order valence-electron chi connectivity index (χ2n) is 9.72. The Labute approximate surface area is 236 Å². The first-order valence-corrected chi connectivity index (χ1v) is 13.8. The van der Waals surface area contributed by atoms with Crippen LogP contribution >= 0.6 is 0 Å². The molecule has 0 atom stereocenters. The van der Waals surface area contributed by atoms with E-state index in [0.29, 0.717) is 31.3 Å². The van der Waals surface area contributed by atoms with Gasteiger partial charge in [-0.15, -0.1) is 0 Å². The lowest BCUT2D eigenvalue weighted by Gasteiger charge is -2.15. The highest BCUT2D eigenvalue weighted by Gasteiger charge is 2.15. The molecule has 2 aromatic carbocycles. The van der Waals surface area contributed by atoms with Gasteiger partial charge in [0.1, 0.15) is 18.1 Å². The zero-order valence-electron chi connectivity index (χ0n) is 23.6. The molecule has 2 N–H and O–H groups in total. The molecule has 0 aliphatic heterocycles. The smallest absolute Gasteiger partial charge is 0.185 e. The topological polar surface area (TPSA) is 89.3 Å². The van der Waals surface area contributed by atoms with Crippen LogP contribution in [0, 0.1) is 6.92 Å². The highest BCUT2D eigenvalue weighted by atomic mass is 16.5. The summed E-state index contributed by atoms with van der Waals surface area (Å²) in [6.07, 6.45) is 7.42. The number of rotatable bonds is 14. The molecule has 0 radical (unpaired) electrons. The van der Waals surface area contributed by atoms with E-state index in [1.54, 1.807) is 0 Å². The molecule has 2 aromatic heterocycles. The molecule has 208 valence electrons. The molecule has 0 aliphatic carbocycles. The Morgan fingerprint density at radius 3 is 2.62 bits per heavy atom. The second kappa shape index (κ2) is 14.2. The average molecular weight is 539 g/mol. The lowest BCUT2D eigenvalue weighted by Crippen LogP contribution is -2.14. The van der Waals surface area contributed by atoms with Crippen molar-refractivity contribution in [3.8, 4) is 5.75 Å². The van der Waals surface area contributed by atoms with E-state index in [9.17, 15) is 9.90 Å². The third-order valence-electron chi connectivity index (χ3n) is 6.82. The first-order chi connectivity index (χ1) is 19.6. The van der Waals surface area contributed by atoms with Gasteiger partial charge in [0, 0.05) is 24.5 Å². The fourth-order valence-corrected chi connectivity index (χ4v) is 4.74. The van der Waals surface area contributed by atoms with Crippen LogP contribution < -0.4 is 10.1 Å². The summed E-state index contributed by atoms with van der Waals surface area (Å²) in [5.74, 6) is 1.03. The van der Waals surface area contributed by atoms with Gasteiger partial charge < -0.3 is 19.7 Å². The molecule has 7 nitrogen and oxygen atoms in total.